The number of rotatable bonds is 1. The fraction of sp³-hybridized carbons (Fsp3) is 0.800. The van der Waals surface area contributed by atoms with E-state index < -0.39 is 0 Å². The summed E-state index contributed by atoms with van der Waals surface area (Å²) in [5.74, 6) is 1.39. The molecule has 0 amide bonds. The Kier molecular flexibility index (Phi) is 2.32. The molecule has 0 aromatic rings. The van der Waals surface area contributed by atoms with Gasteiger partial charge < -0.3 is 4.74 Å². The summed E-state index contributed by atoms with van der Waals surface area (Å²) in [4.78, 5) is 11.1. The summed E-state index contributed by atoms with van der Waals surface area (Å²) in [6.07, 6.45) is 8.08. The standard InChI is InChI=1S/C15H22O2/c1-14(2)11-5-4-6-15(3)13(17-15)8-10(9-16)7-12(11)14/h7,9,11-13H,4-6,8H2,1-3H3/b10-7+/t11-,12-,13-,15-/m1/s1. The van der Waals surface area contributed by atoms with E-state index in [-0.39, 0.29) is 11.7 Å². The van der Waals surface area contributed by atoms with Crippen LogP contribution in [0.25, 0.3) is 0 Å². The van der Waals surface area contributed by atoms with Gasteiger partial charge in [0.15, 0.2) is 0 Å². The number of aldehydes is 1. The number of hydrogen-bond acceptors (Lipinski definition) is 2. The lowest BCUT2D eigenvalue weighted by Crippen LogP contribution is -2.11. The molecule has 0 aromatic heterocycles. The average Bonchev–Trinajstić information content (AvgIpc) is 3.06. The number of ether oxygens (including phenoxy) is 1. The molecule has 2 aliphatic carbocycles. The van der Waals surface area contributed by atoms with Gasteiger partial charge in [-0.05, 0) is 42.6 Å². The summed E-state index contributed by atoms with van der Waals surface area (Å²) in [6.45, 7) is 6.85. The van der Waals surface area contributed by atoms with Crippen LogP contribution in [0, 0.1) is 17.3 Å². The lowest BCUT2D eigenvalue weighted by atomic mass is 9.93. The predicted octanol–water partition coefficient (Wildman–Crippen LogP) is 3.12. The minimum Gasteiger partial charge on any atom is -0.366 e. The van der Waals surface area contributed by atoms with Crippen LogP contribution in [0.2, 0.25) is 0 Å². The Morgan fingerprint density at radius 2 is 2.18 bits per heavy atom. The van der Waals surface area contributed by atoms with Crippen molar-refractivity contribution in [2.45, 2.75) is 58.2 Å². The lowest BCUT2D eigenvalue weighted by molar-refractivity contribution is -0.105. The number of epoxide rings is 1. The molecule has 1 saturated carbocycles. The molecule has 0 radical (unpaired) electrons. The number of carbonyl (C=O) groups excluding carboxylic acids is 1. The monoisotopic (exact) mass is 234 g/mol. The molecule has 0 spiro atoms. The minimum absolute atomic E-state index is 0.0635. The van der Waals surface area contributed by atoms with Crippen LogP contribution in [0.1, 0.15) is 46.5 Å². The molecule has 1 saturated heterocycles. The van der Waals surface area contributed by atoms with Gasteiger partial charge in [-0.3, -0.25) is 4.79 Å². The summed E-state index contributed by atoms with van der Waals surface area (Å²) in [5.41, 5.74) is 1.43. The van der Waals surface area contributed by atoms with Crippen LogP contribution in [-0.2, 0) is 9.53 Å². The van der Waals surface area contributed by atoms with Crippen LogP contribution in [0.5, 0.6) is 0 Å². The third kappa shape index (κ3) is 1.77. The number of hydrogen-bond donors (Lipinski definition) is 0. The molecule has 2 fully saturated rings. The minimum atomic E-state index is 0.0635. The maximum Gasteiger partial charge on any atom is 0.145 e. The zero-order valence-electron chi connectivity index (χ0n) is 11.0. The van der Waals surface area contributed by atoms with E-state index >= 15 is 0 Å². The maximum atomic E-state index is 11.1. The van der Waals surface area contributed by atoms with E-state index in [1.807, 2.05) is 0 Å². The predicted molar refractivity (Wildman–Crippen MR) is 66.7 cm³/mol. The summed E-state index contributed by atoms with van der Waals surface area (Å²) in [7, 11) is 0. The summed E-state index contributed by atoms with van der Waals surface area (Å²) >= 11 is 0. The highest BCUT2D eigenvalue weighted by Crippen LogP contribution is 2.62. The second kappa shape index (κ2) is 3.44. The van der Waals surface area contributed by atoms with E-state index in [9.17, 15) is 4.79 Å². The first-order chi connectivity index (χ1) is 7.97. The third-order valence-corrected chi connectivity index (χ3v) is 5.33. The van der Waals surface area contributed by atoms with Gasteiger partial charge >= 0.3 is 0 Å². The van der Waals surface area contributed by atoms with Crippen LogP contribution >= 0.6 is 0 Å². The summed E-state index contributed by atoms with van der Waals surface area (Å²) in [6, 6.07) is 0. The quantitative estimate of drug-likeness (QED) is 0.515. The largest absolute Gasteiger partial charge is 0.366 e. The van der Waals surface area contributed by atoms with E-state index in [0.717, 1.165) is 30.6 Å². The molecule has 0 N–H and O–H groups in total. The topological polar surface area (TPSA) is 29.6 Å². The summed E-state index contributed by atoms with van der Waals surface area (Å²) in [5, 5.41) is 0. The van der Waals surface area contributed by atoms with Crippen LogP contribution in [-0.4, -0.2) is 18.0 Å². The number of fused-ring (bicyclic) bond motifs is 2. The van der Waals surface area contributed by atoms with Crippen LogP contribution in [0.4, 0.5) is 0 Å². The molecule has 2 heteroatoms. The van der Waals surface area contributed by atoms with Crippen LogP contribution in [0.15, 0.2) is 11.6 Å². The van der Waals surface area contributed by atoms with Gasteiger partial charge in [0.2, 0.25) is 0 Å². The van der Waals surface area contributed by atoms with Crippen molar-refractivity contribution in [1.29, 1.82) is 0 Å². The third-order valence-electron chi connectivity index (χ3n) is 5.33. The average molecular weight is 234 g/mol. The first-order valence-corrected chi connectivity index (χ1v) is 6.81. The Bertz CT molecular complexity index is 382. The molecule has 3 aliphatic rings. The smallest absolute Gasteiger partial charge is 0.145 e. The lowest BCUT2D eigenvalue weighted by Gasteiger charge is -2.08. The fourth-order valence-electron chi connectivity index (χ4n) is 3.71. The molecular weight excluding hydrogens is 212 g/mol. The van der Waals surface area contributed by atoms with E-state index in [4.69, 9.17) is 4.74 Å². The highest BCUT2D eigenvalue weighted by atomic mass is 16.6. The maximum absolute atomic E-state index is 11.1. The van der Waals surface area contributed by atoms with Crippen molar-refractivity contribution in [1.82, 2.24) is 0 Å². The molecular formula is C15H22O2. The molecule has 94 valence electrons. The van der Waals surface area contributed by atoms with Crippen molar-refractivity contribution in [2.75, 3.05) is 0 Å². The molecule has 1 heterocycles. The summed E-state index contributed by atoms with van der Waals surface area (Å²) < 4.78 is 5.77. The Morgan fingerprint density at radius 3 is 2.88 bits per heavy atom. The van der Waals surface area contributed by atoms with Gasteiger partial charge in [-0.25, -0.2) is 0 Å². The molecule has 4 atom stereocenters. The first-order valence-electron chi connectivity index (χ1n) is 6.81. The molecule has 0 unspecified atom stereocenters. The Hall–Kier alpha value is -0.630. The van der Waals surface area contributed by atoms with Gasteiger partial charge in [0.1, 0.15) is 6.29 Å². The Morgan fingerprint density at radius 1 is 1.41 bits per heavy atom. The van der Waals surface area contributed by atoms with Crippen molar-refractivity contribution in [2.24, 2.45) is 17.3 Å². The second-order valence-electron chi connectivity index (χ2n) is 6.83. The van der Waals surface area contributed by atoms with Gasteiger partial charge in [-0.15, -0.1) is 0 Å². The van der Waals surface area contributed by atoms with E-state index in [2.05, 4.69) is 26.8 Å². The molecule has 3 rings (SSSR count). The van der Waals surface area contributed by atoms with Crippen molar-refractivity contribution in [3.8, 4) is 0 Å². The first kappa shape index (κ1) is 11.5. The molecule has 17 heavy (non-hydrogen) atoms. The van der Waals surface area contributed by atoms with Gasteiger partial charge in [0.25, 0.3) is 0 Å². The highest BCUT2D eigenvalue weighted by Gasteiger charge is 2.58. The second-order valence-corrected chi connectivity index (χ2v) is 6.83. The van der Waals surface area contributed by atoms with E-state index in [1.54, 1.807) is 0 Å². The van der Waals surface area contributed by atoms with Crippen molar-refractivity contribution >= 4 is 6.29 Å². The normalized spacial score (nSPS) is 50.3. The zero-order chi connectivity index (χ0) is 12.3. The zero-order valence-corrected chi connectivity index (χ0v) is 11.0. The van der Waals surface area contributed by atoms with E-state index in [1.165, 1.54) is 12.8 Å². The van der Waals surface area contributed by atoms with Gasteiger partial charge in [-0.1, -0.05) is 26.3 Å². The van der Waals surface area contributed by atoms with Crippen molar-refractivity contribution in [3.63, 3.8) is 0 Å². The van der Waals surface area contributed by atoms with Gasteiger partial charge in [-0.2, -0.15) is 0 Å². The Balaban J connectivity index is 1.82. The SMILES string of the molecule is CC1(C)[C@@H]2/C=C(/C=O)C[C@H]3O[C@]3(C)CCC[C@H]21. The molecule has 1 aliphatic heterocycles. The van der Waals surface area contributed by atoms with Crippen LogP contribution < -0.4 is 0 Å². The van der Waals surface area contributed by atoms with Crippen LogP contribution in [0.3, 0.4) is 0 Å². The highest BCUT2D eigenvalue weighted by molar-refractivity contribution is 5.73. The molecule has 2 nitrogen and oxygen atoms in total. The number of allylic oxidation sites excluding steroid dienone is 1. The van der Waals surface area contributed by atoms with E-state index in [0.29, 0.717) is 11.3 Å². The Labute approximate surface area is 103 Å². The molecule has 0 bridgehead atoms. The van der Waals surface area contributed by atoms with Gasteiger partial charge in [0.05, 0.1) is 11.7 Å². The molecule has 0 aromatic carbocycles. The van der Waals surface area contributed by atoms with Crippen molar-refractivity contribution in [3.05, 3.63) is 11.6 Å². The number of carbonyl (C=O) groups is 1. The fourth-order valence-corrected chi connectivity index (χ4v) is 3.71. The van der Waals surface area contributed by atoms with Crippen molar-refractivity contribution < 1.29 is 9.53 Å². The van der Waals surface area contributed by atoms with Gasteiger partial charge in [0, 0.05) is 6.42 Å².